The van der Waals surface area contributed by atoms with Crippen molar-refractivity contribution >= 4 is 23.0 Å². The first-order valence-electron chi connectivity index (χ1n) is 5.30. The number of halogens is 1. The molecule has 0 radical (unpaired) electrons. The van der Waals surface area contributed by atoms with Crippen LogP contribution < -0.4 is 0 Å². The first-order valence-corrected chi connectivity index (χ1v) is 5.84. The smallest absolute Gasteiger partial charge is 0.269 e. The van der Waals surface area contributed by atoms with Gasteiger partial charge in [0, 0.05) is 18.6 Å². The molecule has 7 heteroatoms. The van der Waals surface area contributed by atoms with Crippen LogP contribution in [0.3, 0.4) is 0 Å². The van der Waals surface area contributed by atoms with Crippen molar-refractivity contribution in [1.29, 1.82) is 0 Å². The molecule has 2 rings (SSSR count). The van der Waals surface area contributed by atoms with Crippen LogP contribution in [-0.2, 0) is 10.4 Å². The minimum Gasteiger partial charge on any atom is -0.395 e. The van der Waals surface area contributed by atoms with Crippen molar-refractivity contribution in [2.75, 3.05) is 12.5 Å². The molecule has 1 heterocycles. The normalized spacial score (nSPS) is 17.8. The molecule has 1 N–H and O–H groups in total. The molecule has 1 aliphatic rings. The summed E-state index contributed by atoms with van der Waals surface area (Å²) in [5.74, 6) is -0.0903. The molecule has 6 nitrogen and oxygen atoms in total. The molecule has 0 bridgehead atoms. The third-order valence-electron chi connectivity index (χ3n) is 2.83. The number of hydrogen-bond donors (Lipinski definition) is 1. The van der Waals surface area contributed by atoms with Gasteiger partial charge >= 0.3 is 0 Å². The quantitative estimate of drug-likeness (QED) is 0.513. The van der Waals surface area contributed by atoms with Gasteiger partial charge in [0.25, 0.3) is 5.69 Å². The van der Waals surface area contributed by atoms with Crippen LogP contribution in [0.1, 0.15) is 12.0 Å². The number of nitro groups is 1. The number of oxime groups is 1. The number of alkyl halides is 1. The van der Waals surface area contributed by atoms with E-state index in [2.05, 4.69) is 5.16 Å². The van der Waals surface area contributed by atoms with E-state index in [0.29, 0.717) is 24.3 Å². The van der Waals surface area contributed by atoms with Crippen molar-refractivity contribution in [2.24, 2.45) is 5.16 Å². The third-order valence-corrected chi connectivity index (χ3v) is 3.22. The summed E-state index contributed by atoms with van der Waals surface area (Å²) < 4.78 is 0. The largest absolute Gasteiger partial charge is 0.395 e. The molecule has 18 heavy (non-hydrogen) atoms. The summed E-state index contributed by atoms with van der Waals surface area (Å²) in [5.41, 5.74) is -0.577. The molecule has 1 aliphatic heterocycles. The first-order chi connectivity index (χ1) is 8.58. The number of nitro benzene ring substituents is 1. The fraction of sp³-hybridized carbons (Fsp3) is 0.364. The SMILES string of the molecule is O=[N+]([O-])c1ccc(C(O)(CCl)C2=NOCC2)cc1. The molecule has 0 saturated heterocycles. The van der Waals surface area contributed by atoms with Gasteiger partial charge in [0.1, 0.15) is 12.2 Å². The summed E-state index contributed by atoms with van der Waals surface area (Å²) in [6.07, 6.45) is 0.486. The topological polar surface area (TPSA) is 85.0 Å². The number of hydrogen-bond acceptors (Lipinski definition) is 5. The fourth-order valence-corrected chi connectivity index (χ4v) is 2.08. The molecule has 96 valence electrons. The van der Waals surface area contributed by atoms with E-state index < -0.39 is 10.5 Å². The summed E-state index contributed by atoms with van der Waals surface area (Å²) in [6, 6.07) is 5.59. The van der Waals surface area contributed by atoms with E-state index in [1.165, 1.54) is 24.3 Å². The second kappa shape index (κ2) is 4.91. The van der Waals surface area contributed by atoms with E-state index in [1.54, 1.807) is 0 Å². The van der Waals surface area contributed by atoms with Gasteiger partial charge in [-0.05, 0) is 17.7 Å². The maximum atomic E-state index is 10.6. The van der Waals surface area contributed by atoms with Crippen molar-refractivity contribution in [1.82, 2.24) is 0 Å². The monoisotopic (exact) mass is 270 g/mol. The zero-order chi connectivity index (χ0) is 13.2. The molecule has 0 fully saturated rings. The Bertz CT molecular complexity index is 488. The second-order valence-corrected chi connectivity index (χ2v) is 4.19. The van der Waals surface area contributed by atoms with Crippen LogP contribution in [0.15, 0.2) is 29.4 Å². The summed E-state index contributed by atoms with van der Waals surface area (Å²) >= 11 is 5.81. The van der Waals surface area contributed by atoms with E-state index in [0.717, 1.165) is 0 Å². The van der Waals surface area contributed by atoms with Crippen LogP contribution in [0.2, 0.25) is 0 Å². The van der Waals surface area contributed by atoms with E-state index in [9.17, 15) is 15.2 Å². The number of nitrogens with zero attached hydrogens (tertiary/aromatic N) is 2. The average Bonchev–Trinajstić information content (AvgIpc) is 2.92. The van der Waals surface area contributed by atoms with Gasteiger partial charge in [0.15, 0.2) is 0 Å². The summed E-state index contributed by atoms with van der Waals surface area (Å²) in [5, 5.41) is 24.8. The number of aliphatic hydroxyl groups is 1. The van der Waals surface area contributed by atoms with Crippen molar-refractivity contribution in [3.05, 3.63) is 39.9 Å². The highest BCUT2D eigenvalue weighted by Gasteiger charge is 2.37. The van der Waals surface area contributed by atoms with Gasteiger partial charge in [-0.25, -0.2) is 0 Å². The molecule has 0 saturated carbocycles. The molecular weight excluding hydrogens is 260 g/mol. The molecule has 1 aromatic carbocycles. The van der Waals surface area contributed by atoms with Crippen molar-refractivity contribution in [3.63, 3.8) is 0 Å². The van der Waals surface area contributed by atoms with Crippen molar-refractivity contribution in [3.8, 4) is 0 Å². The number of non-ortho nitro benzene ring substituents is 1. The van der Waals surface area contributed by atoms with E-state index in [4.69, 9.17) is 16.4 Å². The molecule has 1 unspecified atom stereocenters. The Morgan fingerprint density at radius 3 is 2.61 bits per heavy atom. The number of benzene rings is 1. The maximum absolute atomic E-state index is 10.6. The average molecular weight is 271 g/mol. The molecule has 0 spiro atoms. The van der Waals surface area contributed by atoms with Gasteiger partial charge in [0.05, 0.1) is 16.5 Å². The van der Waals surface area contributed by atoms with Gasteiger partial charge in [-0.3, -0.25) is 10.1 Å². The minimum absolute atomic E-state index is 0.0414. The van der Waals surface area contributed by atoms with Crippen molar-refractivity contribution in [2.45, 2.75) is 12.0 Å². The molecule has 0 aliphatic carbocycles. The highest BCUT2D eigenvalue weighted by Crippen LogP contribution is 2.29. The van der Waals surface area contributed by atoms with Gasteiger partial charge in [-0.1, -0.05) is 5.16 Å². The standard InChI is InChI=1S/C11H11ClN2O4/c12-7-11(15,10-5-6-18-13-10)8-1-3-9(4-2-8)14(16)17/h1-4,15H,5-7H2. The summed E-state index contributed by atoms with van der Waals surface area (Å²) in [4.78, 5) is 14.9. The summed E-state index contributed by atoms with van der Waals surface area (Å²) in [7, 11) is 0. The van der Waals surface area contributed by atoms with Crippen LogP contribution in [0, 0.1) is 10.1 Å². The van der Waals surface area contributed by atoms with E-state index >= 15 is 0 Å². The van der Waals surface area contributed by atoms with Gasteiger partial charge in [-0.2, -0.15) is 0 Å². The van der Waals surface area contributed by atoms with Crippen LogP contribution in [0.4, 0.5) is 5.69 Å². The zero-order valence-electron chi connectivity index (χ0n) is 9.38. The lowest BCUT2D eigenvalue weighted by Gasteiger charge is -2.25. The molecule has 1 aromatic rings. The first kappa shape index (κ1) is 12.8. The van der Waals surface area contributed by atoms with E-state index in [-0.39, 0.29) is 11.6 Å². The Hall–Kier alpha value is -1.66. The molecule has 0 aromatic heterocycles. The van der Waals surface area contributed by atoms with Gasteiger partial charge in [0.2, 0.25) is 0 Å². The highest BCUT2D eigenvalue weighted by molar-refractivity contribution is 6.21. The van der Waals surface area contributed by atoms with Crippen LogP contribution in [-0.4, -0.2) is 28.2 Å². The molecular formula is C11H11ClN2O4. The summed E-state index contributed by atoms with van der Waals surface area (Å²) in [6.45, 7) is 0.404. The lowest BCUT2D eigenvalue weighted by molar-refractivity contribution is -0.384. The van der Waals surface area contributed by atoms with Crippen molar-refractivity contribution < 1.29 is 14.9 Å². The zero-order valence-corrected chi connectivity index (χ0v) is 10.1. The Kier molecular flexibility index (Phi) is 3.49. The van der Waals surface area contributed by atoms with Gasteiger partial charge in [-0.15, -0.1) is 11.6 Å². The van der Waals surface area contributed by atoms with Gasteiger partial charge < -0.3 is 9.94 Å². The maximum Gasteiger partial charge on any atom is 0.269 e. The van der Waals surface area contributed by atoms with Crippen LogP contribution in [0.5, 0.6) is 0 Å². The van der Waals surface area contributed by atoms with Crippen LogP contribution in [0.25, 0.3) is 0 Å². The number of rotatable bonds is 4. The lowest BCUT2D eigenvalue weighted by atomic mass is 9.89. The highest BCUT2D eigenvalue weighted by atomic mass is 35.5. The Morgan fingerprint density at radius 2 is 2.17 bits per heavy atom. The van der Waals surface area contributed by atoms with Crippen LogP contribution >= 0.6 is 11.6 Å². The Labute approximate surface area is 108 Å². The Balaban J connectivity index is 2.35. The predicted octanol–water partition coefficient (Wildman–Crippen LogP) is 1.80. The fourth-order valence-electron chi connectivity index (χ4n) is 1.77. The predicted molar refractivity (Wildman–Crippen MR) is 65.7 cm³/mol. The second-order valence-electron chi connectivity index (χ2n) is 3.92. The van der Waals surface area contributed by atoms with E-state index in [1.807, 2.05) is 0 Å². The Morgan fingerprint density at radius 1 is 1.50 bits per heavy atom. The molecule has 1 atom stereocenters. The lowest BCUT2D eigenvalue weighted by Crippen LogP contribution is -2.36. The third kappa shape index (κ3) is 2.16. The minimum atomic E-state index is -1.44. The molecule has 0 amide bonds.